The zero-order chi connectivity index (χ0) is 19.3. The summed E-state index contributed by atoms with van der Waals surface area (Å²) in [5, 5.41) is 6.88. The number of fused-ring (bicyclic) bond motifs is 1. The van der Waals surface area contributed by atoms with Gasteiger partial charge in [0, 0.05) is 22.2 Å². The van der Waals surface area contributed by atoms with Crippen molar-refractivity contribution < 1.29 is 13.9 Å². The summed E-state index contributed by atoms with van der Waals surface area (Å²) in [5.41, 5.74) is 0.612. The van der Waals surface area contributed by atoms with Gasteiger partial charge >= 0.3 is 0 Å². The van der Waals surface area contributed by atoms with Crippen molar-refractivity contribution in [1.29, 1.82) is 0 Å². The van der Waals surface area contributed by atoms with Crippen molar-refractivity contribution in [3.63, 3.8) is 0 Å². The number of para-hydroxylation sites is 1. The number of ether oxygens (including phenoxy) is 1. The molecule has 0 bridgehead atoms. The Morgan fingerprint density at radius 3 is 2.86 bits per heavy atom. The van der Waals surface area contributed by atoms with E-state index < -0.39 is 0 Å². The number of benzene rings is 2. The molecule has 0 saturated carbocycles. The minimum Gasteiger partial charge on any atom is -0.489 e. The molecule has 1 amide bonds. The Kier molecular flexibility index (Phi) is 5.88. The first-order valence-electron chi connectivity index (χ1n) is 9.59. The van der Waals surface area contributed by atoms with E-state index >= 15 is 0 Å². The van der Waals surface area contributed by atoms with Crippen LogP contribution in [0.25, 0.3) is 10.1 Å². The van der Waals surface area contributed by atoms with Gasteiger partial charge in [-0.05, 0) is 56.1 Å². The van der Waals surface area contributed by atoms with Crippen LogP contribution in [0.2, 0.25) is 0 Å². The number of halogens is 1. The van der Waals surface area contributed by atoms with E-state index in [0.717, 1.165) is 30.6 Å². The normalized spacial score (nSPS) is 16.8. The van der Waals surface area contributed by atoms with Gasteiger partial charge in [-0.3, -0.25) is 4.79 Å². The van der Waals surface area contributed by atoms with Crippen molar-refractivity contribution in [2.75, 3.05) is 19.6 Å². The Morgan fingerprint density at radius 1 is 1.21 bits per heavy atom. The van der Waals surface area contributed by atoms with Crippen molar-refractivity contribution in [3.05, 3.63) is 64.8 Å². The van der Waals surface area contributed by atoms with Crippen LogP contribution in [0.1, 0.15) is 28.1 Å². The van der Waals surface area contributed by atoms with Crippen LogP contribution in [-0.4, -0.2) is 25.5 Å². The van der Waals surface area contributed by atoms with Crippen LogP contribution in [0.3, 0.4) is 0 Å². The third-order valence-corrected chi connectivity index (χ3v) is 6.24. The first-order chi connectivity index (χ1) is 13.7. The Labute approximate surface area is 167 Å². The molecule has 0 spiro atoms. The standard InChI is InChI=1S/C22H23FN2O2S/c23-18-9-4-10-19-20(18)17(14-27-16-7-2-1-3-8-16)21(28-19)22(26)25-13-15-6-5-11-24-12-15/h1-4,7-10,15,24H,5-6,11-14H2,(H,25,26). The molecule has 1 aliphatic rings. The molecule has 1 atom stereocenters. The highest BCUT2D eigenvalue weighted by atomic mass is 32.1. The number of thiophene rings is 1. The summed E-state index contributed by atoms with van der Waals surface area (Å²) in [7, 11) is 0. The Balaban J connectivity index is 1.57. The molecule has 0 aliphatic carbocycles. The van der Waals surface area contributed by atoms with Gasteiger partial charge in [-0.15, -0.1) is 11.3 Å². The van der Waals surface area contributed by atoms with Crippen LogP contribution in [0.5, 0.6) is 5.75 Å². The molecule has 3 aromatic rings. The van der Waals surface area contributed by atoms with Gasteiger partial charge in [0.15, 0.2) is 0 Å². The lowest BCUT2D eigenvalue weighted by atomic mass is 10.00. The minimum atomic E-state index is -0.323. The quantitative estimate of drug-likeness (QED) is 0.649. The third-order valence-electron chi connectivity index (χ3n) is 5.05. The maximum atomic E-state index is 14.5. The Bertz CT molecular complexity index is 952. The minimum absolute atomic E-state index is 0.151. The van der Waals surface area contributed by atoms with Gasteiger partial charge < -0.3 is 15.4 Å². The molecule has 2 heterocycles. The van der Waals surface area contributed by atoms with Crippen LogP contribution in [0.15, 0.2) is 48.5 Å². The van der Waals surface area contributed by atoms with Crippen molar-refractivity contribution in [1.82, 2.24) is 10.6 Å². The molecule has 2 aromatic carbocycles. The summed E-state index contributed by atoms with van der Waals surface area (Å²) in [4.78, 5) is 13.4. The molecule has 28 heavy (non-hydrogen) atoms. The molecule has 1 aliphatic heterocycles. The second-order valence-corrected chi connectivity index (χ2v) is 8.10. The Hall–Kier alpha value is -2.44. The van der Waals surface area contributed by atoms with Crippen molar-refractivity contribution >= 4 is 27.3 Å². The van der Waals surface area contributed by atoms with Crippen molar-refractivity contribution in [2.45, 2.75) is 19.4 Å². The second-order valence-electron chi connectivity index (χ2n) is 7.05. The number of hydrogen-bond donors (Lipinski definition) is 2. The van der Waals surface area contributed by atoms with Gasteiger partial charge in [-0.1, -0.05) is 24.3 Å². The molecule has 4 nitrogen and oxygen atoms in total. The van der Waals surface area contributed by atoms with E-state index in [-0.39, 0.29) is 18.3 Å². The van der Waals surface area contributed by atoms with Gasteiger partial charge in [0.25, 0.3) is 5.91 Å². The van der Waals surface area contributed by atoms with E-state index in [1.54, 1.807) is 6.07 Å². The maximum Gasteiger partial charge on any atom is 0.261 e. The van der Waals surface area contributed by atoms with Gasteiger partial charge in [0.05, 0.1) is 4.88 Å². The first kappa shape index (κ1) is 18.9. The summed E-state index contributed by atoms with van der Waals surface area (Å²) in [6.45, 7) is 2.74. The zero-order valence-electron chi connectivity index (χ0n) is 15.5. The largest absolute Gasteiger partial charge is 0.489 e. The third kappa shape index (κ3) is 4.18. The van der Waals surface area contributed by atoms with Crippen LogP contribution >= 0.6 is 11.3 Å². The number of piperidine rings is 1. The molecule has 1 aromatic heterocycles. The summed E-state index contributed by atoms with van der Waals surface area (Å²) >= 11 is 1.32. The average Bonchev–Trinajstić information content (AvgIpc) is 3.12. The van der Waals surface area contributed by atoms with Crippen LogP contribution < -0.4 is 15.4 Å². The summed E-state index contributed by atoms with van der Waals surface area (Å²) in [6, 6.07) is 14.3. The molecule has 6 heteroatoms. The van der Waals surface area contributed by atoms with E-state index in [1.807, 2.05) is 36.4 Å². The number of hydrogen-bond acceptors (Lipinski definition) is 4. The average molecular weight is 399 g/mol. The zero-order valence-corrected chi connectivity index (χ0v) is 16.4. The molecule has 1 unspecified atom stereocenters. The van der Waals surface area contributed by atoms with Gasteiger partial charge in [-0.2, -0.15) is 0 Å². The predicted octanol–water partition coefficient (Wildman–Crippen LogP) is 4.35. The lowest BCUT2D eigenvalue weighted by molar-refractivity contribution is 0.0946. The van der Waals surface area contributed by atoms with E-state index in [0.29, 0.717) is 34.0 Å². The molecule has 1 saturated heterocycles. The van der Waals surface area contributed by atoms with E-state index in [2.05, 4.69) is 10.6 Å². The lowest BCUT2D eigenvalue weighted by Crippen LogP contribution is -2.38. The number of rotatable bonds is 6. The van der Waals surface area contributed by atoms with Gasteiger partial charge in [0.2, 0.25) is 0 Å². The number of carbonyl (C=O) groups excluding carboxylic acids is 1. The number of amides is 1. The fraction of sp³-hybridized carbons (Fsp3) is 0.318. The van der Waals surface area contributed by atoms with Gasteiger partial charge in [-0.25, -0.2) is 4.39 Å². The molecule has 146 valence electrons. The molecular weight excluding hydrogens is 375 g/mol. The molecule has 2 N–H and O–H groups in total. The van der Waals surface area contributed by atoms with E-state index in [9.17, 15) is 9.18 Å². The molecule has 0 radical (unpaired) electrons. The lowest BCUT2D eigenvalue weighted by Gasteiger charge is -2.22. The number of carbonyl (C=O) groups is 1. The molecule has 4 rings (SSSR count). The van der Waals surface area contributed by atoms with Crippen molar-refractivity contribution in [3.8, 4) is 5.75 Å². The SMILES string of the molecule is O=C(NCC1CCCNC1)c1sc2cccc(F)c2c1COc1ccccc1. The fourth-order valence-corrected chi connectivity index (χ4v) is 4.71. The highest BCUT2D eigenvalue weighted by Crippen LogP contribution is 2.34. The second kappa shape index (κ2) is 8.71. The fourth-order valence-electron chi connectivity index (χ4n) is 3.58. The predicted molar refractivity (Wildman–Crippen MR) is 110 cm³/mol. The Morgan fingerprint density at radius 2 is 2.07 bits per heavy atom. The van der Waals surface area contributed by atoms with Crippen LogP contribution in [0, 0.1) is 11.7 Å². The smallest absolute Gasteiger partial charge is 0.261 e. The maximum absolute atomic E-state index is 14.5. The van der Waals surface area contributed by atoms with Crippen molar-refractivity contribution in [2.24, 2.45) is 5.92 Å². The highest BCUT2D eigenvalue weighted by Gasteiger charge is 2.22. The monoisotopic (exact) mass is 398 g/mol. The highest BCUT2D eigenvalue weighted by molar-refractivity contribution is 7.21. The molecular formula is C22H23FN2O2S. The summed E-state index contributed by atoms with van der Waals surface area (Å²) < 4.78 is 21.1. The van der Waals surface area contributed by atoms with E-state index in [4.69, 9.17) is 4.74 Å². The van der Waals surface area contributed by atoms with Crippen LogP contribution in [-0.2, 0) is 6.61 Å². The van der Waals surface area contributed by atoms with E-state index in [1.165, 1.54) is 17.4 Å². The van der Waals surface area contributed by atoms with Gasteiger partial charge in [0.1, 0.15) is 18.2 Å². The summed E-state index contributed by atoms with van der Waals surface area (Å²) in [6.07, 6.45) is 2.24. The first-order valence-corrected chi connectivity index (χ1v) is 10.4. The topological polar surface area (TPSA) is 50.4 Å². The molecule has 1 fully saturated rings. The summed E-state index contributed by atoms with van der Waals surface area (Å²) in [5.74, 6) is 0.652. The van der Waals surface area contributed by atoms with Crippen LogP contribution in [0.4, 0.5) is 4.39 Å². The number of nitrogens with one attached hydrogen (secondary N) is 2.